The van der Waals surface area contributed by atoms with Crippen LogP contribution in [0.5, 0.6) is 0 Å². The normalized spacial score (nSPS) is 12.2. The van der Waals surface area contributed by atoms with E-state index in [1.807, 2.05) is 0 Å². The van der Waals surface area contributed by atoms with Gasteiger partial charge in [0, 0.05) is 6.42 Å². The molecular formula is C15H23N2O5P. The van der Waals surface area contributed by atoms with Crippen molar-refractivity contribution in [3.05, 3.63) is 18.1 Å². The van der Waals surface area contributed by atoms with Crippen molar-refractivity contribution < 1.29 is 22.4 Å². The van der Waals surface area contributed by atoms with Gasteiger partial charge < -0.3 is 23.6 Å². The molecule has 0 aliphatic carbocycles. The second-order valence-corrected chi connectivity index (χ2v) is 7.38. The van der Waals surface area contributed by atoms with Crippen molar-refractivity contribution in [1.29, 1.82) is 0 Å². The van der Waals surface area contributed by atoms with Gasteiger partial charge >= 0.3 is 7.60 Å². The Morgan fingerprint density at radius 2 is 1.96 bits per heavy atom. The number of hydrogen-bond acceptors (Lipinski definition) is 7. The highest BCUT2D eigenvalue weighted by Crippen LogP contribution is 2.49. The summed E-state index contributed by atoms with van der Waals surface area (Å²) in [5.41, 5.74) is 6.13. The summed E-state index contributed by atoms with van der Waals surface area (Å²) in [5, 5.41) is 0.333. The molecule has 0 fully saturated rings. The first-order chi connectivity index (χ1) is 10.9. The Balaban J connectivity index is 2.51. The molecule has 7 nitrogen and oxygen atoms in total. The average Bonchev–Trinajstić information content (AvgIpc) is 3.05. The lowest BCUT2D eigenvalue weighted by atomic mass is 10.1. The van der Waals surface area contributed by atoms with Crippen molar-refractivity contribution in [2.45, 2.75) is 34.1 Å². The zero-order chi connectivity index (χ0) is 17.0. The van der Waals surface area contributed by atoms with Crippen LogP contribution >= 0.6 is 7.60 Å². The van der Waals surface area contributed by atoms with Crippen molar-refractivity contribution in [1.82, 2.24) is 4.98 Å². The fraction of sp³-hybridized carbons (Fsp3) is 0.533. The number of anilines is 1. The molecule has 0 amide bonds. The molecular weight excluding hydrogens is 319 g/mol. The summed E-state index contributed by atoms with van der Waals surface area (Å²) in [6, 6.07) is 1.62. The third-order valence-corrected chi connectivity index (χ3v) is 5.20. The Kier molecular flexibility index (Phi) is 5.68. The summed E-state index contributed by atoms with van der Waals surface area (Å²) in [6.45, 7) is 8.12. The molecule has 0 unspecified atom stereocenters. The van der Waals surface area contributed by atoms with Gasteiger partial charge in [0.1, 0.15) is 11.1 Å². The molecule has 0 atom stereocenters. The van der Waals surface area contributed by atoms with E-state index in [2.05, 4.69) is 18.8 Å². The molecule has 0 saturated heterocycles. The van der Waals surface area contributed by atoms with Crippen LogP contribution in [0.25, 0.3) is 11.5 Å². The summed E-state index contributed by atoms with van der Waals surface area (Å²) >= 11 is 0. The largest absolute Gasteiger partial charge is 0.462 e. The van der Waals surface area contributed by atoms with Gasteiger partial charge in [-0.15, -0.1) is 0 Å². The molecule has 0 radical (unpaired) electrons. The highest BCUT2D eigenvalue weighted by molar-refractivity contribution is 7.62. The lowest BCUT2D eigenvalue weighted by Crippen LogP contribution is -2.12. The minimum Gasteiger partial charge on any atom is -0.462 e. The van der Waals surface area contributed by atoms with E-state index in [-0.39, 0.29) is 19.2 Å². The minimum atomic E-state index is -3.49. The van der Waals surface area contributed by atoms with Gasteiger partial charge in [0.05, 0.1) is 19.5 Å². The van der Waals surface area contributed by atoms with E-state index in [4.69, 9.17) is 23.6 Å². The first-order valence-corrected chi connectivity index (χ1v) is 9.18. The molecule has 0 aliphatic heterocycles. The van der Waals surface area contributed by atoms with Crippen LogP contribution in [0.4, 0.5) is 6.01 Å². The van der Waals surface area contributed by atoms with Crippen LogP contribution in [0, 0.1) is 5.92 Å². The maximum atomic E-state index is 13.0. The summed E-state index contributed by atoms with van der Waals surface area (Å²) in [6.07, 6.45) is 2.06. The highest BCUT2D eigenvalue weighted by atomic mass is 31.2. The van der Waals surface area contributed by atoms with Gasteiger partial charge in [-0.25, -0.2) is 0 Å². The number of oxazole rings is 1. The number of nitrogens with two attached hydrogens (primary N) is 1. The first-order valence-electron chi connectivity index (χ1n) is 7.64. The second kappa shape index (κ2) is 7.34. The Labute approximate surface area is 135 Å². The Morgan fingerprint density at radius 1 is 1.30 bits per heavy atom. The second-order valence-electron chi connectivity index (χ2n) is 5.39. The summed E-state index contributed by atoms with van der Waals surface area (Å²) in [5.74, 6) is 1.24. The first kappa shape index (κ1) is 17.8. The lowest BCUT2D eigenvalue weighted by Gasteiger charge is -2.16. The van der Waals surface area contributed by atoms with Crippen molar-refractivity contribution in [2.75, 3.05) is 18.9 Å². The van der Waals surface area contributed by atoms with Crippen molar-refractivity contribution >= 4 is 18.9 Å². The molecule has 0 bridgehead atoms. The molecule has 0 aromatic carbocycles. The van der Waals surface area contributed by atoms with E-state index in [0.717, 1.165) is 0 Å². The molecule has 0 spiro atoms. The molecule has 2 heterocycles. The molecule has 8 heteroatoms. The van der Waals surface area contributed by atoms with E-state index < -0.39 is 7.60 Å². The zero-order valence-electron chi connectivity index (χ0n) is 13.9. The zero-order valence-corrected chi connectivity index (χ0v) is 14.8. The Hall–Kier alpha value is -1.56. The number of furan rings is 1. The van der Waals surface area contributed by atoms with Crippen LogP contribution in [0.3, 0.4) is 0 Å². The van der Waals surface area contributed by atoms with Crippen LogP contribution in [0.1, 0.15) is 33.5 Å². The van der Waals surface area contributed by atoms with E-state index >= 15 is 0 Å². The smallest absolute Gasteiger partial charge is 0.365 e. The van der Waals surface area contributed by atoms with Crippen LogP contribution in [-0.4, -0.2) is 18.2 Å². The quantitative estimate of drug-likeness (QED) is 0.731. The van der Waals surface area contributed by atoms with Gasteiger partial charge in [0.2, 0.25) is 0 Å². The molecule has 2 aromatic heterocycles. The maximum absolute atomic E-state index is 13.0. The van der Waals surface area contributed by atoms with Crippen LogP contribution in [0.15, 0.2) is 21.2 Å². The summed E-state index contributed by atoms with van der Waals surface area (Å²) in [4.78, 5) is 4.19. The van der Waals surface area contributed by atoms with Crippen LogP contribution in [-0.2, 0) is 20.0 Å². The minimum absolute atomic E-state index is 0.0423. The maximum Gasteiger partial charge on any atom is 0.365 e. The predicted octanol–water partition coefficient (Wildman–Crippen LogP) is 3.61. The van der Waals surface area contributed by atoms with E-state index in [1.165, 1.54) is 6.26 Å². The van der Waals surface area contributed by atoms with Crippen LogP contribution in [0.2, 0.25) is 0 Å². The molecule has 23 heavy (non-hydrogen) atoms. The summed E-state index contributed by atoms with van der Waals surface area (Å²) < 4.78 is 34.8. The number of rotatable bonds is 8. The van der Waals surface area contributed by atoms with Crippen LogP contribution < -0.4 is 11.0 Å². The number of nitrogens with zero attached hydrogens (tertiary/aromatic N) is 1. The monoisotopic (exact) mass is 342 g/mol. The topological polar surface area (TPSA) is 101 Å². The molecule has 0 aliphatic rings. The van der Waals surface area contributed by atoms with E-state index in [1.54, 1.807) is 19.9 Å². The van der Waals surface area contributed by atoms with Crippen molar-refractivity contribution in [3.8, 4) is 11.5 Å². The van der Waals surface area contributed by atoms with Crippen molar-refractivity contribution in [3.63, 3.8) is 0 Å². The van der Waals surface area contributed by atoms with E-state index in [9.17, 15) is 4.57 Å². The fourth-order valence-electron chi connectivity index (χ4n) is 2.27. The highest BCUT2D eigenvalue weighted by Gasteiger charge is 2.34. The van der Waals surface area contributed by atoms with Gasteiger partial charge in [0.15, 0.2) is 11.5 Å². The van der Waals surface area contributed by atoms with Gasteiger partial charge in [0.25, 0.3) is 6.01 Å². The van der Waals surface area contributed by atoms with E-state index in [0.29, 0.717) is 34.9 Å². The number of nitrogen functional groups attached to an aromatic ring is 1. The molecule has 0 saturated carbocycles. The average molecular weight is 342 g/mol. The molecule has 2 aromatic rings. The van der Waals surface area contributed by atoms with Gasteiger partial charge in [-0.3, -0.25) is 4.57 Å². The van der Waals surface area contributed by atoms with Gasteiger partial charge in [-0.2, -0.15) is 4.98 Å². The predicted molar refractivity (Wildman–Crippen MR) is 87.7 cm³/mol. The van der Waals surface area contributed by atoms with Gasteiger partial charge in [-0.05, 0) is 25.8 Å². The van der Waals surface area contributed by atoms with Crippen molar-refractivity contribution in [2.24, 2.45) is 5.92 Å². The number of hydrogen-bond donors (Lipinski definition) is 1. The molecule has 2 rings (SSSR count). The molecule has 2 N–H and O–H groups in total. The third kappa shape index (κ3) is 3.86. The Morgan fingerprint density at radius 3 is 2.52 bits per heavy atom. The number of aromatic nitrogens is 1. The summed E-state index contributed by atoms with van der Waals surface area (Å²) in [7, 11) is -3.49. The van der Waals surface area contributed by atoms with Gasteiger partial charge in [-0.1, -0.05) is 13.8 Å². The lowest BCUT2D eigenvalue weighted by molar-refractivity contribution is 0.230. The molecule has 128 valence electrons. The standard InChI is InChI=1S/C15H23N2O5P/c1-5-20-23(18,21-6-2)12-7-8-19-14(12)13-11(9-10(3)4)22-15(16)17-13/h7-8,10H,5-6,9H2,1-4H3,(H2,16,17). The SMILES string of the molecule is CCOP(=O)(OCC)c1ccoc1-c1nc(N)oc1CC(C)C. The Bertz CT molecular complexity index is 682. The third-order valence-electron chi connectivity index (χ3n) is 3.06. The fourth-order valence-corrected chi connectivity index (χ4v) is 3.95.